The van der Waals surface area contributed by atoms with Crippen LogP contribution in [0.15, 0.2) is 29.2 Å². The third-order valence-corrected chi connectivity index (χ3v) is 5.00. The lowest BCUT2D eigenvalue weighted by molar-refractivity contribution is 0.898. The van der Waals surface area contributed by atoms with E-state index in [0.717, 1.165) is 16.0 Å². The molecule has 0 bridgehead atoms. The molecule has 3 aromatic rings. The molecule has 18 heavy (non-hydrogen) atoms. The standard InChI is InChI=1S/C13H13N3S2/c1-8-6-18-12-11(8)14-7-15-13(12)16-9(2)10-4-3-5-17-10/h3-7,9H,1-2H3,(H,14,15,16). The Hall–Kier alpha value is -1.46. The van der Waals surface area contributed by atoms with Crippen molar-refractivity contribution in [2.75, 3.05) is 5.32 Å². The molecule has 0 aliphatic heterocycles. The van der Waals surface area contributed by atoms with E-state index in [1.807, 2.05) is 0 Å². The Kier molecular flexibility index (Phi) is 3.01. The Labute approximate surface area is 114 Å². The zero-order chi connectivity index (χ0) is 12.5. The first-order valence-electron chi connectivity index (χ1n) is 5.74. The lowest BCUT2D eigenvalue weighted by atomic mass is 10.2. The second kappa shape index (κ2) is 4.66. The minimum Gasteiger partial charge on any atom is -0.361 e. The van der Waals surface area contributed by atoms with Gasteiger partial charge >= 0.3 is 0 Å². The Morgan fingerprint density at radius 2 is 2.17 bits per heavy atom. The van der Waals surface area contributed by atoms with Crippen LogP contribution in [0.5, 0.6) is 0 Å². The number of aryl methyl sites for hydroxylation is 1. The predicted octanol–water partition coefficient (Wildman–Crippen LogP) is 4.23. The van der Waals surface area contributed by atoms with Crippen molar-refractivity contribution in [1.29, 1.82) is 0 Å². The molecule has 5 heteroatoms. The molecule has 1 atom stereocenters. The van der Waals surface area contributed by atoms with Crippen LogP contribution in [0.1, 0.15) is 23.4 Å². The highest BCUT2D eigenvalue weighted by Crippen LogP contribution is 2.31. The largest absolute Gasteiger partial charge is 0.361 e. The van der Waals surface area contributed by atoms with Gasteiger partial charge in [0.1, 0.15) is 12.1 Å². The highest BCUT2D eigenvalue weighted by molar-refractivity contribution is 7.18. The highest BCUT2D eigenvalue weighted by atomic mass is 32.1. The van der Waals surface area contributed by atoms with E-state index < -0.39 is 0 Å². The van der Waals surface area contributed by atoms with Gasteiger partial charge in [0, 0.05) is 4.88 Å². The van der Waals surface area contributed by atoms with Gasteiger partial charge in [0.25, 0.3) is 0 Å². The van der Waals surface area contributed by atoms with Crippen LogP contribution in [0, 0.1) is 6.92 Å². The van der Waals surface area contributed by atoms with Crippen molar-refractivity contribution >= 4 is 38.7 Å². The van der Waals surface area contributed by atoms with Gasteiger partial charge in [-0.15, -0.1) is 22.7 Å². The van der Waals surface area contributed by atoms with Crippen molar-refractivity contribution in [1.82, 2.24) is 9.97 Å². The van der Waals surface area contributed by atoms with Crippen molar-refractivity contribution in [3.63, 3.8) is 0 Å². The molecule has 3 aromatic heterocycles. The number of nitrogens with one attached hydrogen (secondary N) is 1. The van der Waals surface area contributed by atoms with Crippen LogP contribution in [-0.4, -0.2) is 9.97 Å². The summed E-state index contributed by atoms with van der Waals surface area (Å²) >= 11 is 3.45. The minimum atomic E-state index is 0.269. The van der Waals surface area contributed by atoms with Crippen LogP contribution in [-0.2, 0) is 0 Å². The van der Waals surface area contributed by atoms with Crippen LogP contribution >= 0.6 is 22.7 Å². The van der Waals surface area contributed by atoms with Crippen LogP contribution in [0.4, 0.5) is 5.82 Å². The number of rotatable bonds is 3. The molecule has 3 rings (SSSR count). The molecule has 1 unspecified atom stereocenters. The van der Waals surface area contributed by atoms with E-state index in [9.17, 15) is 0 Å². The Bertz CT molecular complexity index is 658. The summed E-state index contributed by atoms with van der Waals surface area (Å²) in [5.74, 6) is 0.930. The normalized spacial score (nSPS) is 12.8. The van der Waals surface area contributed by atoms with E-state index in [0.29, 0.717) is 0 Å². The van der Waals surface area contributed by atoms with Crippen molar-refractivity contribution < 1.29 is 0 Å². The summed E-state index contributed by atoms with van der Waals surface area (Å²) in [5.41, 5.74) is 2.26. The van der Waals surface area contributed by atoms with Crippen molar-refractivity contribution in [3.8, 4) is 0 Å². The molecule has 0 amide bonds. The van der Waals surface area contributed by atoms with Gasteiger partial charge in [-0.05, 0) is 36.2 Å². The van der Waals surface area contributed by atoms with Crippen LogP contribution in [0.25, 0.3) is 10.2 Å². The zero-order valence-electron chi connectivity index (χ0n) is 10.2. The number of anilines is 1. The quantitative estimate of drug-likeness (QED) is 0.777. The lowest BCUT2D eigenvalue weighted by Gasteiger charge is -2.13. The van der Waals surface area contributed by atoms with Crippen LogP contribution < -0.4 is 5.32 Å². The topological polar surface area (TPSA) is 37.8 Å². The van der Waals surface area contributed by atoms with E-state index >= 15 is 0 Å². The fourth-order valence-electron chi connectivity index (χ4n) is 1.89. The summed E-state index contributed by atoms with van der Waals surface area (Å²) in [7, 11) is 0. The Morgan fingerprint density at radius 1 is 1.28 bits per heavy atom. The molecule has 3 heterocycles. The molecular weight excluding hydrogens is 262 g/mol. The Balaban J connectivity index is 1.95. The number of nitrogens with zero attached hydrogens (tertiary/aromatic N) is 2. The van der Waals surface area contributed by atoms with E-state index in [1.165, 1.54) is 10.4 Å². The van der Waals surface area contributed by atoms with Gasteiger partial charge in [0.05, 0.1) is 16.3 Å². The SMILES string of the molecule is Cc1csc2c(NC(C)c3cccs3)ncnc12. The highest BCUT2D eigenvalue weighted by Gasteiger charge is 2.12. The van der Waals surface area contributed by atoms with Crippen LogP contribution in [0.2, 0.25) is 0 Å². The van der Waals surface area contributed by atoms with Crippen molar-refractivity contribution in [2.45, 2.75) is 19.9 Å². The molecular formula is C13H13N3S2. The molecule has 0 aliphatic rings. The average molecular weight is 275 g/mol. The summed E-state index contributed by atoms with van der Waals surface area (Å²) in [4.78, 5) is 10.0. The summed E-state index contributed by atoms with van der Waals surface area (Å²) < 4.78 is 1.14. The molecule has 92 valence electrons. The number of thiophene rings is 2. The first-order valence-corrected chi connectivity index (χ1v) is 7.50. The average Bonchev–Trinajstić information content (AvgIpc) is 3.00. The number of hydrogen-bond acceptors (Lipinski definition) is 5. The van der Waals surface area contributed by atoms with Gasteiger partial charge in [0.15, 0.2) is 0 Å². The molecule has 0 aliphatic carbocycles. The van der Waals surface area contributed by atoms with E-state index in [1.54, 1.807) is 29.0 Å². The molecule has 0 saturated heterocycles. The fraction of sp³-hybridized carbons (Fsp3) is 0.231. The smallest absolute Gasteiger partial charge is 0.147 e. The van der Waals surface area contributed by atoms with E-state index in [4.69, 9.17) is 0 Å². The first-order chi connectivity index (χ1) is 8.75. The summed E-state index contributed by atoms with van der Waals surface area (Å²) in [6.45, 7) is 4.23. The Morgan fingerprint density at radius 3 is 2.94 bits per heavy atom. The summed E-state index contributed by atoms with van der Waals surface area (Å²) in [6, 6.07) is 4.48. The zero-order valence-corrected chi connectivity index (χ0v) is 11.8. The van der Waals surface area contributed by atoms with E-state index in [2.05, 4.69) is 52.0 Å². The fourth-order valence-corrected chi connectivity index (χ4v) is 3.58. The maximum absolute atomic E-state index is 4.36. The van der Waals surface area contributed by atoms with Gasteiger partial charge < -0.3 is 5.32 Å². The molecule has 0 radical (unpaired) electrons. The maximum atomic E-state index is 4.36. The third-order valence-electron chi connectivity index (χ3n) is 2.85. The second-order valence-electron chi connectivity index (χ2n) is 4.20. The molecule has 1 N–H and O–H groups in total. The van der Waals surface area contributed by atoms with Gasteiger partial charge in [-0.2, -0.15) is 0 Å². The minimum absolute atomic E-state index is 0.269. The van der Waals surface area contributed by atoms with Crippen molar-refractivity contribution in [3.05, 3.63) is 39.7 Å². The van der Waals surface area contributed by atoms with Gasteiger partial charge in [-0.1, -0.05) is 6.07 Å². The number of aromatic nitrogens is 2. The molecule has 0 aromatic carbocycles. The predicted molar refractivity (Wildman–Crippen MR) is 78.5 cm³/mol. The van der Waals surface area contributed by atoms with E-state index in [-0.39, 0.29) is 6.04 Å². The molecule has 0 fully saturated rings. The van der Waals surface area contributed by atoms with Gasteiger partial charge in [-0.3, -0.25) is 0 Å². The summed E-state index contributed by atoms with van der Waals surface area (Å²) in [6.07, 6.45) is 1.63. The third kappa shape index (κ3) is 2.00. The van der Waals surface area contributed by atoms with Gasteiger partial charge in [0.2, 0.25) is 0 Å². The van der Waals surface area contributed by atoms with Crippen molar-refractivity contribution in [2.24, 2.45) is 0 Å². The second-order valence-corrected chi connectivity index (χ2v) is 6.06. The van der Waals surface area contributed by atoms with Gasteiger partial charge in [-0.25, -0.2) is 9.97 Å². The summed E-state index contributed by atoms with van der Waals surface area (Å²) in [5, 5.41) is 7.69. The maximum Gasteiger partial charge on any atom is 0.147 e. The van der Waals surface area contributed by atoms with Crippen LogP contribution in [0.3, 0.4) is 0 Å². The monoisotopic (exact) mass is 275 g/mol. The number of fused-ring (bicyclic) bond motifs is 1. The molecule has 3 nitrogen and oxygen atoms in total. The lowest BCUT2D eigenvalue weighted by Crippen LogP contribution is -2.06. The molecule has 0 spiro atoms. The molecule has 0 saturated carbocycles. The first kappa shape index (κ1) is 11.6. The number of hydrogen-bond donors (Lipinski definition) is 1.